The van der Waals surface area contributed by atoms with E-state index in [2.05, 4.69) is 20.9 Å². The lowest BCUT2D eigenvalue weighted by atomic mass is 10.1. The first kappa shape index (κ1) is 31.4. The summed E-state index contributed by atoms with van der Waals surface area (Å²) in [6, 6.07) is -5.22. The molecule has 0 aliphatic rings. The summed E-state index contributed by atoms with van der Waals surface area (Å²) in [6.07, 6.45) is -0.311. The number of hydrogen-bond donors (Lipinski definition) is 9. The molecular formula is C19H37N7O7S. The van der Waals surface area contributed by atoms with Crippen LogP contribution in [0.4, 0.5) is 0 Å². The summed E-state index contributed by atoms with van der Waals surface area (Å²) in [5, 5.41) is 35.8. The van der Waals surface area contributed by atoms with Gasteiger partial charge in [-0.05, 0) is 45.1 Å². The third-order valence-corrected chi connectivity index (χ3v) is 5.30. The number of aliphatic imine (C=N–C) groups is 1. The molecule has 0 spiro atoms. The van der Waals surface area contributed by atoms with Gasteiger partial charge in [0, 0.05) is 6.54 Å². The molecule has 0 aromatic rings. The van der Waals surface area contributed by atoms with Crippen molar-refractivity contribution < 1.29 is 34.5 Å². The number of hydrogen-bond acceptors (Lipinski definition) is 9. The lowest BCUT2D eigenvalue weighted by Crippen LogP contribution is -2.60. The number of carbonyl (C=O) groups is 4. The highest BCUT2D eigenvalue weighted by molar-refractivity contribution is 7.98. The van der Waals surface area contributed by atoms with Gasteiger partial charge in [-0.2, -0.15) is 11.8 Å². The van der Waals surface area contributed by atoms with E-state index in [1.54, 1.807) is 0 Å². The van der Waals surface area contributed by atoms with Gasteiger partial charge < -0.3 is 48.5 Å². The highest BCUT2D eigenvalue weighted by Gasteiger charge is 2.33. The van der Waals surface area contributed by atoms with Gasteiger partial charge in [0.25, 0.3) is 0 Å². The fraction of sp³-hybridized carbons (Fsp3) is 0.737. The van der Waals surface area contributed by atoms with E-state index in [1.807, 2.05) is 6.26 Å². The van der Waals surface area contributed by atoms with Crippen molar-refractivity contribution in [1.82, 2.24) is 16.0 Å². The van der Waals surface area contributed by atoms with Crippen LogP contribution in [0.2, 0.25) is 0 Å². The number of nitrogens with zero attached hydrogens (tertiary/aromatic N) is 1. The van der Waals surface area contributed by atoms with E-state index in [-0.39, 0.29) is 25.3 Å². The summed E-state index contributed by atoms with van der Waals surface area (Å²) in [7, 11) is 0. The molecule has 34 heavy (non-hydrogen) atoms. The van der Waals surface area contributed by atoms with Gasteiger partial charge in [-0.3, -0.25) is 19.4 Å². The third-order valence-electron chi connectivity index (χ3n) is 4.66. The van der Waals surface area contributed by atoms with Crippen LogP contribution in [0.1, 0.15) is 33.1 Å². The minimum atomic E-state index is -1.62. The summed E-state index contributed by atoms with van der Waals surface area (Å²) in [4.78, 5) is 52.9. The lowest BCUT2D eigenvalue weighted by molar-refractivity contribution is -0.145. The Labute approximate surface area is 202 Å². The molecule has 14 nitrogen and oxygen atoms in total. The van der Waals surface area contributed by atoms with Gasteiger partial charge in [0.2, 0.25) is 17.7 Å². The molecule has 0 aliphatic heterocycles. The normalized spacial score (nSPS) is 16.2. The molecule has 15 heteroatoms. The Bertz CT molecular complexity index is 717. The van der Waals surface area contributed by atoms with Crippen LogP contribution in [0.3, 0.4) is 0 Å². The van der Waals surface area contributed by atoms with Crippen molar-refractivity contribution in [2.75, 3.05) is 18.6 Å². The van der Waals surface area contributed by atoms with Crippen molar-refractivity contribution >= 4 is 41.4 Å². The van der Waals surface area contributed by atoms with Gasteiger partial charge in [0.15, 0.2) is 12.0 Å². The topological polar surface area (TPSA) is 255 Å². The molecule has 0 rings (SSSR count). The number of carboxylic acids is 1. The summed E-state index contributed by atoms with van der Waals surface area (Å²) >= 11 is 1.49. The van der Waals surface area contributed by atoms with Crippen LogP contribution in [0.15, 0.2) is 4.99 Å². The van der Waals surface area contributed by atoms with E-state index in [1.165, 1.54) is 25.6 Å². The largest absolute Gasteiger partial charge is 0.480 e. The van der Waals surface area contributed by atoms with Crippen LogP contribution < -0.4 is 33.2 Å². The summed E-state index contributed by atoms with van der Waals surface area (Å²) in [5.41, 5.74) is 16.3. The monoisotopic (exact) mass is 507 g/mol. The second-order valence-corrected chi connectivity index (χ2v) is 8.68. The number of guanidine groups is 1. The van der Waals surface area contributed by atoms with Gasteiger partial charge in [-0.25, -0.2) is 4.79 Å². The van der Waals surface area contributed by atoms with Crippen LogP contribution in [0, 0.1) is 0 Å². The molecule has 0 aromatic carbocycles. The Balaban J connectivity index is 5.50. The Morgan fingerprint density at radius 2 is 1.47 bits per heavy atom. The van der Waals surface area contributed by atoms with Gasteiger partial charge in [0.05, 0.1) is 18.2 Å². The fourth-order valence-electron chi connectivity index (χ4n) is 2.72. The van der Waals surface area contributed by atoms with Gasteiger partial charge in [0.1, 0.15) is 12.1 Å². The molecule has 6 unspecified atom stereocenters. The zero-order valence-electron chi connectivity index (χ0n) is 19.6. The highest BCUT2D eigenvalue weighted by Crippen LogP contribution is 2.05. The van der Waals surface area contributed by atoms with E-state index in [0.717, 1.165) is 0 Å². The zero-order chi connectivity index (χ0) is 26.4. The lowest BCUT2D eigenvalue weighted by Gasteiger charge is -2.26. The minimum Gasteiger partial charge on any atom is -0.480 e. The second-order valence-electron chi connectivity index (χ2n) is 7.69. The van der Waals surface area contributed by atoms with Crippen molar-refractivity contribution in [1.29, 1.82) is 0 Å². The first-order chi connectivity index (χ1) is 15.8. The number of carbonyl (C=O) groups excluding carboxylic acids is 3. The molecular weight excluding hydrogens is 470 g/mol. The molecule has 0 fully saturated rings. The minimum absolute atomic E-state index is 0.00574. The van der Waals surface area contributed by atoms with E-state index >= 15 is 0 Å². The number of aliphatic hydroxyl groups is 2. The van der Waals surface area contributed by atoms with Crippen LogP contribution in [-0.2, 0) is 19.2 Å². The fourth-order valence-corrected chi connectivity index (χ4v) is 3.21. The number of carboxylic acid groups (broad SMARTS) is 1. The maximum atomic E-state index is 12.8. The molecule has 6 atom stereocenters. The predicted molar refractivity (Wildman–Crippen MR) is 128 cm³/mol. The number of nitrogens with two attached hydrogens (primary N) is 3. The molecule has 0 aromatic heterocycles. The highest BCUT2D eigenvalue weighted by atomic mass is 32.2. The third kappa shape index (κ3) is 12.0. The smallest absolute Gasteiger partial charge is 0.328 e. The average molecular weight is 508 g/mol. The molecule has 0 heterocycles. The maximum absolute atomic E-state index is 12.8. The molecule has 0 saturated heterocycles. The van der Waals surface area contributed by atoms with Gasteiger partial charge in [-0.15, -0.1) is 0 Å². The van der Waals surface area contributed by atoms with Crippen LogP contribution in [-0.4, -0.2) is 99.9 Å². The van der Waals surface area contributed by atoms with E-state index in [4.69, 9.17) is 17.2 Å². The molecule has 196 valence electrons. The van der Waals surface area contributed by atoms with Gasteiger partial charge >= 0.3 is 5.97 Å². The van der Waals surface area contributed by atoms with Crippen LogP contribution >= 0.6 is 11.8 Å². The quantitative estimate of drug-likeness (QED) is 0.0560. The standard InChI is InChI=1S/C19H37N7O7S/c1-9(27)13(25-15(29)11(20)6-8-34-3)17(31)24-12(5-4-7-23-19(21)22)16(30)26-14(10(2)28)18(32)33/h9-14,27-28H,4-8,20H2,1-3H3,(H,24,31)(H,25,29)(H,26,30)(H,32,33)(H4,21,22,23). The maximum Gasteiger partial charge on any atom is 0.328 e. The van der Waals surface area contributed by atoms with Crippen molar-refractivity contribution in [3.05, 3.63) is 0 Å². The number of rotatable bonds is 16. The van der Waals surface area contributed by atoms with Crippen molar-refractivity contribution in [2.24, 2.45) is 22.2 Å². The first-order valence-electron chi connectivity index (χ1n) is 10.6. The van der Waals surface area contributed by atoms with Crippen molar-refractivity contribution in [3.8, 4) is 0 Å². The van der Waals surface area contributed by atoms with Crippen molar-refractivity contribution in [3.63, 3.8) is 0 Å². The molecule has 3 amide bonds. The Morgan fingerprint density at radius 1 is 0.912 bits per heavy atom. The van der Waals surface area contributed by atoms with E-state index in [9.17, 15) is 34.5 Å². The molecule has 0 aliphatic carbocycles. The molecule has 12 N–H and O–H groups in total. The predicted octanol–water partition coefficient (Wildman–Crippen LogP) is -3.58. The van der Waals surface area contributed by atoms with Crippen LogP contribution in [0.25, 0.3) is 0 Å². The second kappa shape index (κ2) is 16.1. The molecule has 0 saturated carbocycles. The number of aliphatic carboxylic acids is 1. The van der Waals surface area contributed by atoms with E-state index in [0.29, 0.717) is 12.2 Å². The summed E-state index contributed by atoms with van der Waals surface area (Å²) in [6.45, 7) is 2.59. The Morgan fingerprint density at radius 3 is 1.94 bits per heavy atom. The SMILES string of the molecule is CSCCC(N)C(=O)NC(C(=O)NC(CCCN=C(N)N)C(=O)NC(C(=O)O)C(C)O)C(C)O. The van der Waals surface area contributed by atoms with Crippen LogP contribution in [0.5, 0.6) is 0 Å². The summed E-state index contributed by atoms with van der Waals surface area (Å²) in [5.74, 6) is -3.44. The van der Waals surface area contributed by atoms with Gasteiger partial charge in [-0.1, -0.05) is 0 Å². The number of thioether (sulfide) groups is 1. The average Bonchev–Trinajstić information content (AvgIpc) is 2.74. The number of nitrogens with one attached hydrogen (secondary N) is 3. The number of aliphatic hydroxyl groups excluding tert-OH is 2. The zero-order valence-corrected chi connectivity index (χ0v) is 20.4. The first-order valence-corrected chi connectivity index (χ1v) is 12.0. The summed E-state index contributed by atoms with van der Waals surface area (Å²) < 4.78 is 0. The Kier molecular flexibility index (Phi) is 14.8. The molecule has 0 radical (unpaired) electrons. The Hall–Kier alpha value is -2.62. The number of amides is 3. The molecule has 0 bridgehead atoms. The van der Waals surface area contributed by atoms with E-state index < -0.39 is 60.1 Å². The van der Waals surface area contributed by atoms with Crippen molar-refractivity contribution in [2.45, 2.75) is 69.5 Å².